The Labute approximate surface area is 157 Å². The maximum Gasteiger partial charge on any atom is 0.257 e. The van der Waals surface area contributed by atoms with Crippen LogP contribution < -0.4 is 0 Å². The summed E-state index contributed by atoms with van der Waals surface area (Å²) in [6.07, 6.45) is 4.14. The number of piperidine rings is 1. The number of hydrogen-bond donors (Lipinski definition) is 2. The summed E-state index contributed by atoms with van der Waals surface area (Å²) in [5.74, 6) is -0.349. The average Bonchev–Trinajstić information content (AvgIpc) is 2.69. The second kappa shape index (κ2) is 6.63. The first-order valence-electron chi connectivity index (χ1n) is 8.99. The molecule has 0 atom stereocenters. The van der Waals surface area contributed by atoms with Crippen LogP contribution in [0, 0.1) is 6.92 Å². The molecule has 138 valence electrons. The first kappa shape index (κ1) is 17.4. The lowest BCUT2D eigenvalue weighted by Crippen LogP contribution is -2.45. The highest BCUT2D eigenvalue weighted by molar-refractivity contribution is 6.02. The number of amides is 1. The third-order valence-corrected chi connectivity index (χ3v) is 5.24. The van der Waals surface area contributed by atoms with Gasteiger partial charge in [-0.15, -0.1) is 0 Å². The van der Waals surface area contributed by atoms with Gasteiger partial charge in [-0.1, -0.05) is 18.2 Å². The zero-order valence-electron chi connectivity index (χ0n) is 15.1. The van der Waals surface area contributed by atoms with E-state index in [2.05, 4.69) is 9.97 Å². The van der Waals surface area contributed by atoms with Gasteiger partial charge in [0.05, 0.1) is 11.3 Å². The van der Waals surface area contributed by atoms with Gasteiger partial charge in [-0.05, 0) is 43.5 Å². The minimum Gasteiger partial charge on any atom is -0.505 e. The number of aryl methyl sites for hydroxylation is 1. The van der Waals surface area contributed by atoms with Crippen molar-refractivity contribution < 1.29 is 15.0 Å². The van der Waals surface area contributed by atoms with E-state index < -0.39 is 5.60 Å². The van der Waals surface area contributed by atoms with Crippen LogP contribution in [0.5, 0.6) is 5.75 Å². The predicted molar refractivity (Wildman–Crippen MR) is 101 cm³/mol. The number of hydrogen-bond acceptors (Lipinski definition) is 5. The Morgan fingerprint density at radius 3 is 2.59 bits per heavy atom. The highest BCUT2D eigenvalue weighted by Gasteiger charge is 2.37. The van der Waals surface area contributed by atoms with Gasteiger partial charge in [0.1, 0.15) is 11.1 Å². The number of nitrogens with zero attached hydrogens (tertiary/aromatic N) is 3. The number of fused-ring (bicyclic) bond motifs is 1. The number of phenols is 1. The van der Waals surface area contributed by atoms with Crippen molar-refractivity contribution in [3.63, 3.8) is 0 Å². The van der Waals surface area contributed by atoms with Crippen molar-refractivity contribution in [3.05, 3.63) is 65.6 Å². The summed E-state index contributed by atoms with van der Waals surface area (Å²) in [6, 6.07) is 10.8. The molecule has 1 saturated heterocycles. The molecule has 6 heteroatoms. The monoisotopic (exact) mass is 363 g/mol. The molecule has 27 heavy (non-hydrogen) atoms. The molecule has 0 unspecified atom stereocenters. The van der Waals surface area contributed by atoms with Crippen LogP contribution in [0.3, 0.4) is 0 Å². The second-order valence-electron chi connectivity index (χ2n) is 7.08. The fourth-order valence-electron chi connectivity index (χ4n) is 3.55. The number of aromatic nitrogens is 2. The van der Waals surface area contributed by atoms with Crippen LogP contribution in [0.2, 0.25) is 0 Å². The lowest BCUT2D eigenvalue weighted by Gasteiger charge is -2.38. The van der Waals surface area contributed by atoms with Crippen molar-refractivity contribution in [3.8, 4) is 5.75 Å². The molecule has 0 spiro atoms. The number of benzene rings is 1. The van der Waals surface area contributed by atoms with Gasteiger partial charge >= 0.3 is 0 Å². The van der Waals surface area contributed by atoms with Crippen molar-refractivity contribution in [2.24, 2.45) is 0 Å². The average molecular weight is 363 g/mol. The van der Waals surface area contributed by atoms with E-state index in [1.807, 2.05) is 25.1 Å². The van der Waals surface area contributed by atoms with Crippen LogP contribution in [0.1, 0.15) is 34.5 Å². The van der Waals surface area contributed by atoms with E-state index in [9.17, 15) is 15.0 Å². The second-order valence-corrected chi connectivity index (χ2v) is 7.08. The van der Waals surface area contributed by atoms with Crippen LogP contribution in [-0.2, 0) is 5.60 Å². The zero-order chi connectivity index (χ0) is 19.0. The third-order valence-electron chi connectivity index (χ3n) is 5.24. The molecule has 3 aromatic rings. The van der Waals surface area contributed by atoms with Crippen molar-refractivity contribution in [1.29, 1.82) is 0 Å². The Hall–Kier alpha value is -2.99. The van der Waals surface area contributed by atoms with E-state index in [0.717, 1.165) is 10.9 Å². The van der Waals surface area contributed by atoms with Crippen LogP contribution in [0.4, 0.5) is 0 Å². The molecular weight excluding hydrogens is 342 g/mol. The summed E-state index contributed by atoms with van der Waals surface area (Å²) < 4.78 is 0. The molecule has 1 amide bonds. The Morgan fingerprint density at radius 2 is 1.89 bits per heavy atom. The van der Waals surface area contributed by atoms with Gasteiger partial charge in [0.25, 0.3) is 5.91 Å². The molecule has 6 nitrogen and oxygen atoms in total. The van der Waals surface area contributed by atoms with Gasteiger partial charge < -0.3 is 15.1 Å². The summed E-state index contributed by atoms with van der Waals surface area (Å²) in [5.41, 5.74) is 1.30. The van der Waals surface area contributed by atoms with E-state index in [-0.39, 0.29) is 17.2 Å². The third kappa shape index (κ3) is 3.13. The molecular formula is C21H21N3O3. The highest BCUT2D eigenvalue weighted by atomic mass is 16.3. The van der Waals surface area contributed by atoms with E-state index in [0.29, 0.717) is 37.1 Å². The minimum atomic E-state index is -1.03. The molecule has 1 aliphatic rings. The largest absolute Gasteiger partial charge is 0.505 e. The maximum absolute atomic E-state index is 12.9. The molecule has 2 aromatic heterocycles. The van der Waals surface area contributed by atoms with E-state index in [1.165, 1.54) is 0 Å². The number of carbonyl (C=O) groups excluding carboxylic acids is 1. The molecule has 0 aliphatic carbocycles. The first-order valence-corrected chi connectivity index (χ1v) is 8.99. The molecule has 3 heterocycles. The summed E-state index contributed by atoms with van der Waals surface area (Å²) in [4.78, 5) is 23.1. The van der Waals surface area contributed by atoms with Gasteiger partial charge in [0.15, 0.2) is 5.75 Å². The van der Waals surface area contributed by atoms with E-state index >= 15 is 0 Å². The first-order chi connectivity index (χ1) is 13.0. The number of aliphatic hydroxyl groups is 1. The van der Waals surface area contributed by atoms with Crippen LogP contribution in [0.15, 0.2) is 48.8 Å². The fourth-order valence-corrected chi connectivity index (χ4v) is 3.55. The molecule has 0 saturated carbocycles. The molecule has 4 rings (SSSR count). The minimum absolute atomic E-state index is 0.0980. The molecule has 1 fully saturated rings. The van der Waals surface area contributed by atoms with Crippen molar-refractivity contribution in [1.82, 2.24) is 14.9 Å². The Bertz CT molecular complexity index is 993. The number of aromatic hydroxyl groups is 1. The van der Waals surface area contributed by atoms with E-state index in [4.69, 9.17) is 0 Å². The predicted octanol–water partition coefficient (Wildman–Crippen LogP) is 2.77. The molecule has 0 bridgehead atoms. The fraction of sp³-hybridized carbons (Fsp3) is 0.286. The van der Waals surface area contributed by atoms with Gasteiger partial charge in [-0.3, -0.25) is 14.8 Å². The lowest BCUT2D eigenvalue weighted by atomic mass is 9.87. The highest BCUT2D eigenvalue weighted by Crippen LogP contribution is 2.34. The Kier molecular flexibility index (Phi) is 4.28. The number of rotatable bonds is 2. The van der Waals surface area contributed by atoms with Crippen molar-refractivity contribution >= 4 is 16.8 Å². The van der Waals surface area contributed by atoms with E-state index in [1.54, 1.807) is 35.5 Å². The smallest absolute Gasteiger partial charge is 0.257 e. The number of pyridine rings is 2. The van der Waals surface area contributed by atoms with Crippen LogP contribution >= 0.6 is 0 Å². The van der Waals surface area contributed by atoms with Gasteiger partial charge in [-0.2, -0.15) is 0 Å². The van der Waals surface area contributed by atoms with Crippen molar-refractivity contribution in [2.75, 3.05) is 13.1 Å². The van der Waals surface area contributed by atoms with Gasteiger partial charge in [0, 0.05) is 30.9 Å². The van der Waals surface area contributed by atoms with Gasteiger partial charge in [-0.25, -0.2) is 0 Å². The van der Waals surface area contributed by atoms with Crippen LogP contribution in [0.25, 0.3) is 10.9 Å². The molecule has 1 aliphatic heterocycles. The normalized spacial score (nSPS) is 16.4. The summed E-state index contributed by atoms with van der Waals surface area (Å²) >= 11 is 0. The number of carbonyl (C=O) groups is 1. The maximum atomic E-state index is 12.9. The standard InChI is InChI=1S/C21H21N3O3/c1-14-4-7-17(23-13-14)21(27)8-11-24(12-9-21)20(26)16-6-5-15-3-2-10-22-18(15)19(16)25/h2-7,10,13,25,27H,8-9,11-12H2,1H3. The topological polar surface area (TPSA) is 86.5 Å². The molecule has 2 N–H and O–H groups in total. The SMILES string of the molecule is Cc1ccc(C2(O)CCN(C(=O)c3ccc4cccnc4c3O)CC2)nc1. The summed E-state index contributed by atoms with van der Waals surface area (Å²) in [7, 11) is 0. The van der Waals surface area contributed by atoms with Gasteiger partial charge in [0.2, 0.25) is 0 Å². The summed E-state index contributed by atoms with van der Waals surface area (Å²) in [6.45, 7) is 2.74. The van der Waals surface area contributed by atoms with Crippen LogP contribution in [-0.4, -0.2) is 44.1 Å². The molecule has 1 aromatic carbocycles. The zero-order valence-corrected chi connectivity index (χ0v) is 15.1. The van der Waals surface area contributed by atoms with Crippen molar-refractivity contribution in [2.45, 2.75) is 25.4 Å². The number of phenolic OH excluding ortho intramolecular Hbond substituents is 1. The lowest BCUT2D eigenvalue weighted by molar-refractivity contribution is -0.0244. The quantitative estimate of drug-likeness (QED) is 0.731. The number of likely N-dealkylation sites (tertiary alicyclic amines) is 1. The Morgan fingerprint density at radius 1 is 1.11 bits per heavy atom. The molecule has 0 radical (unpaired) electrons. The Balaban J connectivity index is 1.54. The summed E-state index contributed by atoms with van der Waals surface area (Å²) in [5, 5.41) is 22.2.